The molecule has 0 aliphatic carbocycles. The van der Waals surface area contributed by atoms with Crippen molar-refractivity contribution >= 4 is 29.2 Å². The molecule has 2 N–H and O–H groups in total. The van der Waals surface area contributed by atoms with E-state index in [1.54, 1.807) is 25.1 Å². The van der Waals surface area contributed by atoms with Gasteiger partial charge in [0, 0.05) is 0 Å². The predicted octanol–water partition coefficient (Wildman–Crippen LogP) is 6.40. The third kappa shape index (κ3) is 6.47. The Labute approximate surface area is 184 Å². The van der Waals surface area contributed by atoms with Crippen LogP contribution >= 0.6 is 11.6 Å². The molecule has 0 saturated carbocycles. The summed E-state index contributed by atoms with van der Waals surface area (Å²) in [6, 6.07) is 11.1. The lowest BCUT2D eigenvalue weighted by molar-refractivity contribution is -0.178. The average molecular weight is 456 g/mol. The Morgan fingerprint density at radius 2 is 1.65 bits per heavy atom. The molecular weight excluding hydrogens is 431 g/mol. The summed E-state index contributed by atoms with van der Waals surface area (Å²) in [5, 5.41) is 11.7. The number of aliphatic carboxylic acids is 1. The largest absolute Gasteiger partial charge is 0.481 e. The van der Waals surface area contributed by atoms with E-state index in [2.05, 4.69) is 5.32 Å². The van der Waals surface area contributed by atoms with Gasteiger partial charge in [0.2, 0.25) is 5.91 Å². The second-order valence-corrected chi connectivity index (χ2v) is 8.04. The molecule has 0 aliphatic rings. The maximum atomic E-state index is 13.5. The van der Waals surface area contributed by atoms with E-state index in [0.29, 0.717) is 5.56 Å². The van der Waals surface area contributed by atoms with Crippen LogP contribution in [0, 0.1) is 5.92 Å². The summed E-state index contributed by atoms with van der Waals surface area (Å²) < 4.78 is 40.6. The lowest BCUT2D eigenvalue weighted by Gasteiger charge is -2.26. The number of anilines is 1. The number of carboxylic acids is 1. The molecule has 1 amide bonds. The molecule has 2 rings (SSSR count). The third-order valence-electron chi connectivity index (χ3n) is 5.34. The van der Waals surface area contributed by atoms with Gasteiger partial charge in [-0.25, -0.2) is 0 Å². The number of hydrogen-bond acceptors (Lipinski definition) is 2. The van der Waals surface area contributed by atoms with E-state index in [-0.39, 0.29) is 28.6 Å². The van der Waals surface area contributed by atoms with Crippen molar-refractivity contribution in [1.29, 1.82) is 0 Å². The molecule has 0 spiro atoms. The second-order valence-electron chi connectivity index (χ2n) is 7.63. The Balaban J connectivity index is 2.38. The zero-order valence-electron chi connectivity index (χ0n) is 17.5. The number of carboxylic acid groups (broad SMARTS) is 1. The summed E-state index contributed by atoms with van der Waals surface area (Å²) >= 11 is 6.16. The van der Waals surface area contributed by atoms with Gasteiger partial charge in [0.25, 0.3) is 0 Å². The van der Waals surface area contributed by atoms with Gasteiger partial charge in [-0.2, -0.15) is 13.2 Å². The molecule has 3 unspecified atom stereocenters. The van der Waals surface area contributed by atoms with Crippen LogP contribution in [0.15, 0.2) is 42.5 Å². The fourth-order valence-electron chi connectivity index (χ4n) is 3.35. The monoisotopic (exact) mass is 455 g/mol. The molecule has 0 heterocycles. The summed E-state index contributed by atoms with van der Waals surface area (Å²) in [6.07, 6.45) is -3.98. The average Bonchev–Trinajstić information content (AvgIpc) is 2.69. The van der Waals surface area contributed by atoms with E-state index in [1.165, 1.54) is 24.3 Å². The maximum Gasteiger partial charge on any atom is 0.392 e. The molecule has 31 heavy (non-hydrogen) atoms. The molecule has 0 saturated heterocycles. The Bertz CT molecular complexity index is 929. The van der Waals surface area contributed by atoms with Crippen LogP contribution in [0.4, 0.5) is 18.9 Å². The number of carbonyl (C=O) groups is 2. The summed E-state index contributed by atoms with van der Waals surface area (Å²) in [4.78, 5) is 24.0. The fourth-order valence-corrected chi connectivity index (χ4v) is 3.52. The highest BCUT2D eigenvalue weighted by molar-refractivity contribution is 6.33. The van der Waals surface area contributed by atoms with Crippen LogP contribution in [0.25, 0.3) is 0 Å². The number of amides is 1. The predicted molar refractivity (Wildman–Crippen MR) is 115 cm³/mol. The number of alkyl halides is 3. The van der Waals surface area contributed by atoms with Crippen LogP contribution in [0.1, 0.15) is 55.7 Å². The van der Waals surface area contributed by atoms with Crippen molar-refractivity contribution in [3.05, 3.63) is 64.2 Å². The van der Waals surface area contributed by atoms with Crippen molar-refractivity contribution < 1.29 is 27.9 Å². The molecule has 2 aromatic rings. The molecule has 2 aromatic carbocycles. The van der Waals surface area contributed by atoms with Crippen molar-refractivity contribution in [1.82, 2.24) is 0 Å². The van der Waals surface area contributed by atoms with Crippen LogP contribution in [-0.2, 0) is 16.0 Å². The summed E-state index contributed by atoms with van der Waals surface area (Å²) in [5.74, 6) is -5.58. The molecule has 0 radical (unpaired) electrons. The molecule has 3 atom stereocenters. The molecule has 0 aliphatic heterocycles. The van der Waals surface area contributed by atoms with Gasteiger partial charge in [-0.3, -0.25) is 9.59 Å². The van der Waals surface area contributed by atoms with Crippen LogP contribution in [-0.4, -0.2) is 23.2 Å². The van der Waals surface area contributed by atoms with Crippen LogP contribution < -0.4 is 5.32 Å². The Kier molecular flexibility index (Phi) is 8.12. The molecule has 0 aromatic heterocycles. The summed E-state index contributed by atoms with van der Waals surface area (Å²) in [7, 11) is 0. The number of hydrogen-bond donors (Lipinski definition) is 2. The highest BCUT2D eigenvalue weighted by Crippen LogP contribution is 2.39. The van der Waals surface area contributed by atoms with Gasteiger partial charge in [0.1, 0.15) is 0 Å². The number of carbonyl (C=O) groups excluding carboxylic acids is 1. The standard InChI is InChI=1S/C23H25ClF3NO3/c1-4-15-5-7-16(8-6-15)21(14(3)23(25,26)27)22(31)28-19-12-17(9-10-18(19)24)13(2)11-20(29)30/h5-10,12-14,21H,4,11H2,1-3H3,(H,28,31)(H,29,30). The number of halogens is 4. The minimum absolute atomic E-state index is 0.132. The summed E-state index contributed by atoms with van der Waals surface area (Å²) in [5.41, 5.74) is 1.96. The first-order valence-corrected chi connectivity index (χ1v) is 10.3. The lowest BCUT2D eigenvalue weighted by Crippen LogP contribution is -2.34. The van der Waals surface area contributed by atoms with E-state index < -0.39 is 29.9 Å². The van der Waals surface area contributed by atoms with Gasteiger partial charge in [0.05, 0.1) is 29.0 Å². The number of nitrogens with one attached hydrogen (secondary N) is 1. The Morgan fingerprint density at radius 1 is 1.06 bits per heavy atom. The van der Waals surface area contributed by atoms with Gasteiger partial charge in [-0.15, -0.1) is 0 Å². The number of aryl methyl sites for hydroxylation is 1. The summed E-state index contributed by atoms with van der Waals surface area (Å²) in [6.45, 7) is 4.61. The van der Waals surface area contributed by atoms with Crippen molar-refractivity contribution in [2.45, 2.75) is 51.6 Å². The van der Waals surface area contributed by atoms with E-state index in [1.807, 2.05) is 6.92 Å². The normalized spacial score (nSPS) is 14.5. The smallest absolute Gasteiger partial charge is 0.392 e. The second kappa shape index (κ2) is 10.2. The van der Waals surface area contributed by atoms with Crippen molar-refractivity contribution in [3.8, 4) is 0 Å². The first-order chi connectivity index (χ1) is 14.4. The SMILES string of the molecule is CCc1ccc(C(C(=O)Nc2cc(C(C)CC(=O)O)ccc2Cl)C(C)C(F)(F)F)cc1. The zero-order valence-corrected chi connectivity index (χ0v) is 18.2. The van der Waals surface area contributed by atoms with Crippen LogP contribution in [0.2, 0.25) is 5.02 Å². The van der Waals surface area contributed by atoms with E-state index >= 15 is 0 Å². The molecule has 8 heteroatoms. The van der Waals surface area contributed by atoms with Crippen LogP contribution in [0.3, 0.4) is 0 Å². The lowest BCUT2D eigenvalue weighted by atomic mass is 9.85. The van der Waals surface area contributed by atoms with Crippen LogP contribution in [0.5, 0.6) is 0 Å². The number of rotatable bonds is 8. The van der Waals surface area contributed by atoms with E-state index in [9.17, 15) is 22.8 Å². The quantitative estimate of drug-likeness (QED) is 0.484. The van der Waals surface area contributed by atoms with Gasteiger partial charge < -0.3 is 10.4 Å². The number of benzene rings is 2. The topological polar surface area (TPSA) is 66.4 Å². The fraction of sp³-hybridized carbons (Fsp3) is 0.391. The van der Waals surface area contributed by atoms with Gasteiger partial charge in [-0.05, 0) is 41.2 Å². The molecule has 0 fully saturated rings. The maximum absolute atomic E-state index is 13.5. The van der Waals surface area contributed by atoms with Gasteiger partial charge in [-0.1, -0.05) is 62.7 Å². The first kappa shape index (κ1) is 24.7. The zero-order chi connectivity index (χ0) is 23.3. The van der Waals surface area contributed by atoms with Gasteiger partial charge in [0.15, 0.2) is 0 Å². The highest BCUT2D eigenvalue weighted by Gasteiger charge is 2.45. The molecule has 168 valence electrons. The van der Waals surface area contributed by atoms with Crippen molar-refractivity contribution in [2.24, 2.45) is 5.92 Å². The molecular formula is C23H25ClF3NO3. The van der Waals surface area contributed by atoms with Crippen molar-refractivity contribution in [3.63, 3.8) is 0 Å². The minimum Gasteiger partial charge on any atom is -0.481 e. The van der Waals surface area contributed by atoms with Crippen molar-refractivity contribution in [2.75, 3.05) is 5.32 Å². The molecule has 4 nitrogen and oxygen atoms in total. The first-order valence-electron chi connectivity index (χ1n) is 9.91. The molecule has 0 bridgehead atoms. The highest BCUT2D eigenvalue weighted by atomic mass is 35.5. The van der Waals surface area contributed by atoms with Gasteiger partial charge >= 0.3 is 12.1 Å². The van der Waals surface area contributed by atoms with E-state index in [0.717, 1.165) is 18.9 Å². The van der Waals surface area contributed by atoms with E-state index in [4.69, 9.17) is 16.7 Å². The Morgan fingerprint density at radius 3 is 2.16 bits per heavy atom. The minimum atomic E-state index is -4.58. The third-order valence-corrected chi connectivity index (χ3v) is 5.67. The Hall–Kier alpha value is -2.54.